The van der Waals surface area contributed by atoms with E-state index in [1.165, 1.54) is 38.5 Å². The van der Waals surface area contributed by atoms with Crippen molar-refractivity contribution >= 4 is 5.91 Å². The highest BCUT2D eigenvalue weighted by Crippen LogP contribution is 2.11. The second-order valence-corrected chi connectivity index (χ2v) is 6.96. The number of amides is 1. The summed E-state index contributed by atoms with van der Waals surface area (Å²) in [7, 11) is 0. The van der Waals surface area contributed by atoms with Crippen molar-refractivity contribution in [3.63, 3.8) is 0 Å². The molecule has 0 spiro atoms. The van der Waals surface area contributed by atoms with Crippen LogP contribution >= 0.6 is 0 Å². The van der Waals surface area contributed by atoms with Gasteiger partial charge < -0.3 is 4.90 Å². The molecular formula is C18H37NO. The molecule has 0 atom stereocenters. The topological polar surface area (TPSA) is 20.3 Å². The van der Waals surface area contributed by atoms with Gasteiger partial charge in [-0.2, -0.15) is 0 Å². The van der Waals surface area contributed by atoms with Crippen molar-refractivity contribution in [1.29, 1.82) is 0 Å². The first-order valence-electron chi connectivity index (χ1n) is 8.75. The normalized spacial score (nSPS) is 11.3. The van der Waals surface area contributed by atoms with Gasteiger partial charge in [0, 0.05) is 19.5 Å². The Balaban J connectivity index is 3.83. The number of carbonyl (C=O) groups is 1. The van der Waals surface area contributed by atoms with Gasteiger partial charge in [0.2, 0.25) is 5.91 Å². The van der Waals surface area contributed by atoms with E-state index in [9.17, 15) is 4.79 Å². The summed E-state index contributed by atoms with van der Waals surface area (Å²) >= 11 is 0. The molecule has 120 valence electrons. The maximum atomic E-state index is 12.3. The largest absolute Gasteiger partial charge is 0.342 e. The van der Waals surface area contributed by atoms with Crippen LogP contribution in [0.5, 0.6) is 0 Å². The molecule has 0 aliphatic carbocycles. The van der Waals surface area contributed by atoms with Gasteiger partial charge >= 0.3 is 0 Å². The average molecular weight is 284 g/mol. The molecule has 1 amide bonds. The van der Waals surface area contributed by atoms with Gasteiger partial charge in [-0.1, -0.05) is 73.1 Å². The SMILES string of the molecule is CCCCCCCCCC(=O)N(CC(C)C)CC(C)C. The third-order valence-electron chi connectivity index (χ3n) is 3.52. The van der Waals surface area contributed by atoms with Crippen molar-refractivity contribution in [2.45, 2.75) is 86.0 Å². The fourth-order valence-corrected chi connectivity index (χ4v) is 2.55. The quantitative estimate of drug-likeness (QED) is 0.447. The van der Waals surface area contributed by atoms with Gasteiger partial charge in [-0.15, -0.1) is 0 Å². The number of unbranched alkanes of at least 4 members (excludes halogenated alkanes) is 6. The Morgan fingerprint density at radius 3 is 1.70 bits per heavy atom. The highest BCUT2D eigenvalue weighted by atomic mass is 16.2. The summed E-state index contributed by atoms with van der Waals surface area (Å²) in [6.07, 6.45) is 9.67. The molecule has 0 radical (unpaired) electrons. The van der Waals surface area contributed by atoms with Gasteiger partial charge in [0.05, 0.1) is 0 Å². The Hall–Kier alpha value is -0.530. The molecule has 0 rings (SSSR count). The first-order chi connectivity index (χ1) is 9.47. The Morgan fingerprint density at radius 2 is 1.25 bits per heavy atom. The molecule has 0 aromatic heterocycles. The van der Waals surface area contributed by atoms with E-state index >= 15 is 0 Å². The van der Waals surface area contributed by atoms with Crippen LogP contribution in [-0.4, -0.2) is 23.9 Å². The molecular weight excluding hydrogens is 246 g/mol. The Morgan fingerprint density at radius 1 is 0.800 bits per heavy atom. The number of hydrogen-bond acceptors (Lipinski definition) is 1. The summed E-state index contributed by atoms with van der Waals surface area (Å²) in [6, 6.07) is 0. The monoisotopic (exact) mass is 283 g/mol. The first-order valence-corrected chi connectivity index (χ1v) is 8.75. The average Bonchev–Trinajstić information content (AvgIpc) is 2.35. The second kappa shape index (κ2) is 12.2. The molecule has 0 aliphatic rings. The molecule has 20 heavy (non-hydrogen) atoms. The fourth-order valence-electron chi connectivity index (χ4n) is 2.55. The summed E-state index contributed by atoms with van der Waals surface area (Å²) in [4.78, 5) is 14.4. The van der Waals surface area contributed by atoms with Gasteiger partial charge in [0.25, 0.3) is 0 Å². The van der Waals surface area contributed by atoms with Crippen molar-refractivity contribution in [2.75, 3.05) is 13.1 Å². The Kier molecular flexibility index (Phi) is 11.9. The summed E-state index contributed by atoms with van der Waals surface area (Å²) in [5, 5.41) is 0. The molecule has 0 N–H and O–H groups in total. The van der Waals surface area contributed by atoms with Crippen LogP contribution in [0, 0.1) is 11.8 Å². The fraction of sp³-hybridized carbons (Fsp3) is 0.944. The molecule has 0 aromatic carbocycles. The third-order valence-corrected chi connectivity index (χ3v) is 3.52. The lowest BCUT2D eigenvalue weighted by molar-refractivity contribution is -0.132. The van der Waals surface area contributed by atoms with Gasteiger partial charge in [0.1, 0.15) is 0 Å². The van der Waals surface area contributed by atoms with Crippen LogP contribution in [0.1, 0.15) is 86.0 Å². The van der Waals surface area contributed by atoms with Crippen LogP contribution in [0.15, 0.2) is 0 Å². The zero-order chi connectivity index (χ0) is 15.4. The first kappa shape index (κ1) is 19.5. The molecule has 0 saturated heterocycles. The van der Waals surface area contributed by atoms with Crippen LogP contribution in [0.25, 0.3) is 0 Å². The maximum absolute atomic E-state index is 12.3. The molecule has 2 nitrogen and oxygen atoms in total. The minimum absolute atomic E-state index is 0.362. The van der Waals surface area contributed by atoms with Crippen molar-refractivity contribution in [3.8, 4) is 0 Å². The van der Waals surface area contributed by atoms with E-state index in [1.807, 2.05) is 0 Å². The van der Waals surface area contributed by atoms with Crippen LogP contribution in [0.3, 0.4) is 0 Å². The molecule has 0 heterocycles. The van der Waals surface area contributed by atoms with E-state index in [4.69, 9.17) is 0 Å². The van der Waals surface area contributed by atoms with Gasteiger partial charge in [-0.05, 0) is 18.3 Å². The number of nitrogens with zero attached hydrogens (tertiary/aromatic N) is 1. The van der Waals surface area contributed by atoms with Crippen LogP contribution in [-0.2, 0) is 4.79 Å². The van der Waals surface area contributed by atoms with Gasteiger partial charge in [0.15, 0.2) is 0 Å². The minimum atomic E-state index is 0.362. The highest BCUT2D eigenvalue weighted by Gasteiger charge is 2.15. The lowest BCUT2D eigenvalue weighted by Crippen LogP contribution is -2.36. The van der Waals surface area contributed by atoms with Gasteiger partial charge in [-0.25, -0.2) is 0 Å². The predicted octanol–water partition coefficient (Wildman–Crippen LogP) is 5.27. The van der Waals surface area contributed by atoms with Crippen molar-refractivity contribution in [1.82, 2.24) is 4.90 Å². The molecule has 0 bridgehead atoms. The van der Waals surface area contributed by atoms with Crippen LogP contribution in [0.2, 0.25) is 0 Å². The van der Waals surface area contributed by atoms with Crippen molar-refractivity contribution < 1.29 is 4.79 Å². The summed E-state index contributed by atoms with van der Waals surface area (Å²) < 4.78 is 0. The van der Waals surface area contributed by atoms with E-state index in [0.717, 1.165) is 25.9 Å². The molecule has 0 saturated carbocycles. The standard InChI is InChI=1S/C18H37NO/c1-6-7-8-9-10-11-12-13-18(20)19(14-16(2)3)15-17(4)5/h16-17H,6-15H2,1-5H3. The summed E-state index contributed by atoms with van der Waals surface area (Å²) in [6.45, 7) is 12.8. The third kappa shape index (κ3) is 11.3. The zero-order valence-corrected chi connectivity index (χ0v) is 14.6. The molecule has 0 unspecified atom stereocenters. The predicted molar refractivity (Wildman–Crippen MR) is 88.9 cm³/mol. The van der Waals surface area contributed by atoms with Crippen LogP contribution in [0.4, 0.5) is 0 Å². The lowest BCUT2D eigenvalue weighted by atomic mass is 10.1. The lowest BCUT2D eigenvalue weighted by Gasteiger charge is -2.26. The highest BCUT2D eigenvalue weighted by molar-refractivity contribution is 5.76. The van der Waals surface area contributed by atoms with E-state index in [2.05, 4.69) is 39.5 Å². The zero-order valence-electron chi connectivity index (χ0n) is 14.6. The number of carbonyl (C=O) groups excluding carboxylic acids is 1. The minimum Gasteiger partial charge on any atom is -0.342 e. The summed E-state index contributed by atoms with van der Waals surface area (Å²) in [5.41, 5.74) is 0. The van der Waals surface area contributed by atoms with Gasteiger partial charge in [-0.3, -0.25) is 4.79 Å². The smallest absolute Gasteiger partial charge is 0.222 e. The molecule has 2 heteroatoms. The van der Waals surface area contributed by atoms with E-state index in [-0.39, 0.29) is 0 Å². The van der Waals surface area contributed by atoms with Crippen LogP contribution < -0.4 is 0 Å². The summed E-state index contributed by atoms with van der Waals surface area (Å²) in [5.74, 6) is 1.49. The Labute approximate surface area is 127 Å². The Bertz CT molecular complexity index is 226. The molecule has 0 aliphatic heterocycles. The van der Waals surface area contributed by atoms with E-state index in [0.29, 0.717) is 17.7 Å². The maximum Gasteiger partial charge on any atom is 0.222 e. The van der Waals surface area contributed by atoms with Crippen molar-refractivity contribution in [2.24, 2.45) is 11.8 Å². The second-order valence-electron chi connectivity index (χ2n) is 6.96. The van der Waals surface area contributed by atoms with E-state index < -0.39 is 0 Å². The molecule has 0 aromatic rings. The molecule has 0 fully saturated rings. The number of hydrogen-bond donors (Lipinski definition) is 0. The number of rotatable bonds is 12. The van der Waals surface area contributed by atoms with Crippen molar-refractivity contribution in [3.05, 3.63) is 0 Å². The van der Waals surface area contributed by atoms with E-state index in [1.54, 1.807) is 0 Å².